The van der Waals surface area contributed by atoms with E-state index >= 15 is 0 Å². The van der Waals surface area contributed by atoms with Crippen LogP contribution in [0.15, 0.2) is 24.4 Å². The van der Waals surface area contributed by atoms with Crippen molar-refractivity contribution in [3.8, 4) is 0 Å². The van der Waals surface area contributed by atoms with Gasteiger partial charge < -0.3 is 9.80 Å². The van der Waals surface area contributed by atoms with Gasteiger partial charge in [0.05, 0.1) is 6.20 Å². The number of amides is 1. The van der Waals surface area contributed by atoms with Crippen LogP contribution in [-0.4, -0.2) is 73.6 Å². The van der Waals surface area contributed by atoms with Crippen LogP contribution in [0.4, 0.5) is 11.8 Å². The number of hydrogen-bond donors (Lipinski definition) is 1. The number of nitrogens with one attached hydrogen (secondary N) is 1. The van der Waals surface area contributed by atoms with E-state index in [1.165, 1.54) is 4.68 Å². The SMILES string of the molecule is CN1CCN(c2cccc3nc(NC(=O)c4cn(C)nn4)nn23)CC1. The number of aromatic nitrogens is 6. The van der Waals surface area contributed by atoms with Gasteiger partial charge in [0.15, 0.2) is 11.3 Å². The molecule has 0 atom stereocenters. The Morgan fingerprint density at radius 2 is 1.96 bits per heavy atom. The molecule has 10 heteroatoms. The van der Waals surface area contributed by atoms with Crippen LogP contribution in [0.3, 0.4) is 0 Å². The van der Waals surface area contributed by atoms with Gasteiger partial charge in [0.2, 0.25) is 5.95 Å². The van der Waals surface area contributed by atoms with E-state index in [4.69, 9.17) is 0 Å². The molecule has 1 N–H and O–H groups in total. The molecule has 1 fully saturated rings. The maximum atomic E-state index is 12.2. The Kier molecular flexibility index (Phi) is 3.80. The molecule has 0 spiro atoms. The number of nitrogens with zero attached hydrogens (tertiary/aromatic N) is 8. The van der Waals surface area contributed by atoms with Crippen molar-refractivity contribution in [2.24, 2.45) is 7.05 Å². The highest BCUT2D eigenvalue weighted by molar-refractivity contribution is 6.01. The molecule has 0 unspecified atom stereocenters. The highest BCUT2D eigenvalue weighted by atomic mass is 16.2. The van der Waals surface area contributed by atoms with Crippen molar-refractivity contribution in [1.29, 1.82) is 0 Å². The smallest absolute Gasteiger partial charge is 0.280 e. The molecule has 0 aromatic carbocycles. The Morgan fingerprint density at radius 3 is 2.68 bits per heavy atom. The molecule has 3 aromatic heterocycles. The van der Waals surface area contributed by atoms with Crippen molar-refractivity contribution < 1.29 is 4.79 Å². The minimum absolute atomic E-state index is 0.223. The quantitative estimate of drug-likeness (QED) is 0.708. The third-order valence-electron chi connectivity index (χ3n) is 4.23. The van der Waals surface area contributed by atoms with Gasteiger partial charge >= 0.3 is 0 Å². The van der Waals surface area contributed by atoms with Crippen molar-refractivity contribution in [1.82, 2.24) is 34.5 Å². The molecule has 10 nitrogen and oxygen atoms in total. The summed E-state index contributed by atoms with van der Waals surface area (Å²) in [6.07, 6.45) is 1.54. The van der Waals surface area contributed by atoms with Crippen molar-refractivity contribution in [3.63, 3.8) is 0 Å². The summed E-state index contributed by atoms with van der Waals surface area (Å²) in [5.74, 6) is 0.834. The van der Waals surface area contributed by atoms with Crippen LogP contribution in [-0.2, 0) is 7.05 Å². The average molecular weight is 341 g/mol. The van der Waals surface area contributed by atoms with Crippen LogP contribution < -0.4 is 10.2 Å². The van der Waals surface area contributed by atoms with Crippen LogP contribution >= 0.6 is 0 Å². The van der Waals surface area contributed by atoms with Gasteiger partial charge in [-0.3, -0.25) is 14.8 Å². The van der Waals surface area contributed by atoms with E-state index in [-0.39, 0.29) is 17.5 Å². The van der Waals surface area contributed by atoms with Gasteiger partial charge in [-0.25, -0.2) is 0 Å². The molecule has 0 saturated carbocycles. The lowest BCUT2D eigenvalue weighted by atomic mass is 10.3. The van der Waals surface area contributed by atoms with E-state index < -0.39 is 0 Å². The molecule has 25 heavy (non-hydrogen) atoms. The summed E-state index contributed by atoms with van der Waals surface area (Å²) in [5.41, 5.74) is 0.909. The molecule has 4 rings (SSSR count). The molecule has 0 bridgehead atoms. The van der Waals surface area contributed by atoms with Crippen molar-refractivity contribution in [2.75, 3.05) is 43.4 Å². The summed E-state index contributed by atoms with van der Waals surface area (Å²) in [7, 11) is 3.82. The van der Waals surface area contributed by atoms with E-state index in [9.17, 15) is 4.79 Å². The predicted octanol–water partition coefficient (Wildman–Crippen LogP) is -0.138. The monoisotopic (exact) mass is 341 g/mol. The van der Waals surface area contributed by atoms with Crippen LogP contribution in [0.2, 0.25) is 0 Å². The standard InChI is InChI=1S/C15H19N9O/c1-21-6-8-23(9-7-21)13-5-3-4-12-16-15(19-24(12)13)17-14(25)11-10-22(2)20-18-11/h3-5,10H,6-9H2,1-2H3,(H,17,19,25). The summed E-state index contributed by atoms with van der Waals surface area (Å²) in [5, 5.41) is 14.7. The minimum atomic E-state index is -0.384. The Balaban J connectivity index is 1.60. The Bertz CT molecular complexity index is 907. The van der Waals surface area contributed by atoms with E-state index in [2.05, 4.69) is 42.6 Å². The molecule has 1 aliphatic heterocycles. The number of pyridine rings is 1. The number of piperazine rings is 1. The van der Waals surface area contributed by atoms with E-state index in [1.807, 2.05) is 18.2 Å². The molecular weight excluding hydrogens is 322 g/mol. The second-order valence-corrected chi connectivity index (χ2v) is 6.11. The van der Waals surface area contributed by atoms with Gasteiger partial charge in [-0.2, -0.15) is 9.50 Å². The number of fused-ring (bicyclic) bond motifs is 1. The summed E-state index contributed by atoms with van der Waals surface area (Å²) in [6.45, 7) is 3.86. The largest absolute Gasteiger partial charge is 0.354 e. The molecular formula is C15H19N9O. The lowest BCUT2D eigenvalue weighted by Crippen LogP contribution is -2.45. The fraction of sp³-hybridized carbons (Fsp3) is 0.400. The number of carbonyl (C=O) groups excluding carboxylic acids is 1. The number of hydrogen-bond acceptors (Lipinski definition) is 7. The summed E-state index contributed by atoms with van der Waals surface area (Å²) in [6, 6.07) is 5.83. The number of anilines is 2. The fourth-order valence-corrected chi connectivity index (χ4v) is 2.84. The lowest BCUT2D eigenvalue weighted by Gasteiger charge is -2.33. The minimum Gasteiger partial charge on any atom is -0.354 e. The second kappa shape index (κ2) is 6.13. The fourth-order valence-electron chi connectivity index (χ4n) is 2.84. The summed E-state index contributed by atoms with van der Waals surface area (Å²) < 4.78 is 3.23. The number of rotatable bonds is 3. The van der Waals surface area contributed by atoms with Gasteiger partial charge in [0.1, 0.15) is 5.82 Å². The molecule has 130 valence electrons. The van der Waals surface area contributed by atoms with Crippen LogP contribution in [0.5, 0.6) is 0 Å². The first-order valence-corrected chi connectivity index (χ1v) is 8.07. The van der Waals surface area contributed by atoms with E-state index in [0.29, 0.717) is 5.65 Å². The second-order valence-electron chi connectivity index (χ2n) is 6.11. The number of aryl methyl sites for hydroxylation is 1. The average Bonchev–Trinajstić information content (AvgIpc) is 3.21. The van der Waals surface area contributed by atoms with Crippen molar-refractivity contribution in [2.45, 2.75) is 0 Å². The first kappa shape index (κ1) is 15.5. The Morgan fingerprint density at radius 1 is 1.16 bits per heavy atom. The molecule has 4 heterocycles. The lowest BCUT2D eigenvalue weighted by molar-refractivity contribution is 0.102. The van der Waals surface area contributed by atoms with Gasteiger partial charge in [0.25, 0.3) is 5.91 Å². The maximum absolute atomic E-state index is 12.2. The number of carbonyl (C=O) groups is 1. The topological polar surface area (TPSA) is 96.5 Å². The Labute approximate surface area is 144 Å². The molecule has 0 radical (unpaired) electrons. The molecule has 3 aromatic rings. The normalized spacial score (nSPS) is 15.7. The summed E-state index contributed by atoms with van der Waals surface area (Å²) >= 11 is 0. The first-order chi connectivity index (χ1) is 12.1. The van der Waals surface area contributed by atoms with Gasteiger partial charge in [0, 0.05) is 33.2 Å². The summed E-state index contributed by atoms with van der Waals surface area (Å²) in [4.78, 5) is 21.1. The van der Waals surface area contributed by atoms with Crippen LogP contribution in [0.1, 0.15) is 10.5 Å². The third-order valence-corrected chi connectivity index (χ3v) is 4.23. The van der Waals surface area contributed by atoms with Gasteiger partial charge in [-0.15, -0.1) is 10.2 Å². The molecule has 1 aliphatic rings. The van der Waals surface area contributed by atoms with Gasteiger partial charge in [-0.1, -0.05) is 11.3 Å². The van der Waals surface area contributed by atoms with Crippen molar-refractivity contribution >= 4 is 23.3 Å². The van der Waals surface area contributed by atoms with E-state index in [0.717, 1.165) is 32.0 Å². The molecule has 1 saturated heterocycles. The zero-order chi connectivity index (χ0) is 17.4. The maximum Gasteiger partial charge on any atom is 0.280 e. The predicted molar refractivity (Wildman–Crippen MR) is 91.7 cm³/mol. The highest BCUT2D eigenvalue weighted by Gasteiger charge is 2.19. The zero-order valence-electron chi connectivity index (χ0n) is 14.1. The third kappa shape index (κ3) is 3.03. The van der Waals surface area contributed by atoms with Crippen LogP contribution in [0.25, 0.3) is 5.65 Å². The molecule has 1 amide bonds. The van der Waals surface area contributed by atoms with Crippen LogP contribution in [0, 0.1) is 0 Å². The first-order valence-electron chi connectivity index (χ1n) is 8.07. The highest BCUT2D eigenvalue weighted by Crippen LogP contribution is 2.18. The zero-order valence-corrected chi connectivity index (χ0v) is 14.1. The van der Waals surface area contributed by atoms with Gasteiger partial charge in [-0.05, 0) is 19.2 Å². The van der Waals surface area contributed by atoms with E-state index in [1.54, 1.807) is 17.8 Å². The number of likely N-dealkylation sites (N-methyl/N-ethyl adjacent to an activating group) is 1. The Hall–Kier alpha value is -3.01. The molecule has 0 aliphatic carbocycles. The van der Waals surface area contributed by atoms with Crippen molar-refractivity contribution in [3.05, 3.63) is 30.1 Å².